The maximum atomic E-state index is 13.4. The summed E-state index contributed by atoms with van der Waals surface area (Å²) in [5, 5.41) is 7.87. The molecule has 1 fully saturated rings. The Labute approximate surface area is 217 Å². The molecule has 1 N–H and O–H groups in total. The normalized spacial score (nSPS) is 20.2. The molecule has 0 bridgehead atoms. The third-order valence-electron chi connectivity index (χ3n) is 7.36. The van der Waals surface area contributed by atoms with Gasteiger partial charge in [0.2, 0.25) is 5.91 Å². The molecule has 2 atom stereocenters. The summed E-state index contributed by atoms with van der Waals surface area (Å²) in [7, 11) is -4.48. The van der Waals surface area contributed by atoms with Crippen LogP contribution in [0.4, 0.5) is 10.5 Å². The predicted molar refractivity (Wildman–Crippen MR) is 137 cm³/mol. The van der Waals surface area contributed by atoms with Crippen LogP contribution in [0.15, 0.2) is 54.6 Å². The number of carbonyl (C=O) groups excluding carboxylic acids is 2. The Bertz CT molecular complexity index is 1240. The highest BCUT2D eigenvalue weighted by atomic mass is 32.2. The fraction of sp³-hybridized carbons (Fsp3) is 0.444. The number of aliphatic carboxylic acids is 1. The Balaban J connectivity index is 1.45. The number of nitrogens with zero attached hydrogens (tertiary/aromatic N) is 2. The molecule has 4 rings (SSSR count). The van der Waals surface area contributed by atoms with E-state index < -0.39 is 33.3 Å². The van der Waals surface area contributed by atoms with E-state index in [1.807, 2.05) is 18.2 Å². The fourth-order valence-corrected chi connectivity index (χ4v) is 6.58. The van der Waals surface area contributed by atoms with E-state index in [1.165, 1.54) is 0 Å². The summed E-state index contributed by atoms with van der Waals surface area (Å²) in [6, 6.07) is 15.4. The zero-order valence-electron chi connectivity index (χ0n) is 20.8. The van der Waals surface area contributed by atoms with Gasteiger partial charge in [-0.1, -0.05) is 48.5 Å². The molecule has 2 aliphatic heterocycles. The van der Waals surface area contributed by atoms with Gasteiger partial charge >= 0.3 is 21.3 Å². The number of carbonyl (C=O) groups is 3. The Morgan fingerprint density at radius 2 is 1.65 bits per heavy atom. The zero-order chi connectivity index (χ0) is 26.6. The molecule has 0 unspecified atom stereocenters. The molecular formula is C27H32N2O7S. The highest BCUT2D eigenvalue weighted by Crippen LogP contribution is 2.38. The van der Waals surface area contributed by atoms with Crippen LogP contribution in [0.1, 0.15) is 43.7 Å². The fourth-order valence-electron chi connectivity index (χ4n) is 5.17. The third kappa shape index (κ3) is 5.95. The summed E-state index contributed by atoms with van der Waals surface area (Å²) >= 11 is 0. The number of likely N-dealkylation sites (tertiary alicyclic amines) is 1. The van der Waals surface area contributed by atoms with E-state index in [0.29, 0.717) is 50.0 Å². The molecule has 1 saturated heterocycles. The van der Waals surface area contributed by atoms with Crippen LogP contribution in [-0.2, 0) is 37.4 Å². The first-order chi connectivity index (χ1) is 17.7. The smallest absolute Gasteiger partial charge is 0.445 e. The van der Waals surface area contributed by atoms with Crippen LogP contribution in [0.25, 0.3) is 0 Å². The van der Waals surface area contributed by atoms with Crippen LogP contribution in [0, 0.1) is 11.8 Å². The van der Waals surface area contributed by atoms with Gasteiger partial charge in [-0.3, -0.25) is 13.9 Å². The molecule has 0 radical (unpaired) electrons. The van der Waals surface area contributed by atoms with Crippen molar-refractivity contribution in [2.75, 3.05) is 17.4 Å². The Kier molecular flexibility index (Phi) is 8.16. The minimum Gasteiger partial charge on any atom is -0.481 e. The molecule has 2 aromatic rings. The predicted octanol–water partition coefficient (Wildman–Crippen LogP) is 3.82. The average molecular weight is 529 g/mol. The molecule has 0 aliphatic carbocycles. The lowest BCUT2D eigenvalue weighted by Crippen LogP contribution is -2.49. The first-order valence-electron chi connectivity index (χ1n) is 12.5. The van der Waals surface area contributed by atoms with Crippen LogP contribution in [-0.4, -0.2) is 54.7 Å². The maximum absolute atomic E-state index is 13.4. The van der Waals surface area contributed by atoms with E-state index in [-0.39, 0.29) is 24.9 Å². The molecule has 0 saturated carbocycles. The van der Waals surface area contributed by atoms with Crippen molar-refractivity contribution in [3.8, 4) is 0 Å². The molecule has 2 heterocycles. The van der Waals surface area contributed by atoms with Gasteiger partial charge in [-0.05, 0) is 55.7 Å². The van der Waals surface area contributed by atoms with Crippen molar-refractivity contribution >= 4 is 32.9 Å². The zero-order valence-corrected chi connectivity index (χ0v) is 21.6. The minimum atomic E-state index is -4.48. The van der Waals surface area contributed by atoms with Gasteiger partial charge in [-0.2, -0.15) is 8.42 Å². The number of hydrogen-bond acceptors (Lipinski definition) is 6. The standard InChI is InChI=1S/C27H32N2O7S/c1-19-22(11-12-25(30)28-15-13-21(14-16-28)26(31)32)17-23-9-5-6-10-24(23)29(19)37(34,35)27(33)36-18-20-7-3-2-4-8-20/h2-10,19,21-22H,11-18H2,1H3,(H,31,32)/t19-,22-/m1/s1. The van der Waals surface area contributed by atoms with Crippen molar-refractivity contribution in [2.45, 2.75) is 51.7 Å². The SMILES string of the molecule is C[C@@H]1[C@H](CCC(=O)N2CCC(C(=O)O)CC2)Cc2ccccc2N1S(=O)(=O)C(=O)OCc1ccccc1. The number of anilines is 1. The average Bonchev–Trinajstić information content (AvgIpc) is 2.90. The first kappa shape index (κ1) is 26.7. The van der Waals surface area contributed by atoms with Crippen LogP contribution in [0.2, 0.25) is 0 Å². The summed E-state index contributed by atoms with van der Waals surface area (Å²) in [6.07, 6.45) is 2.12. The number of benzene rings is 2. The van der Waals surface area contributed by atoms with Crippen LogP contribution < -0.4 is 4.31 Å². The van der Waals surface area contributed by atoms with Gasteiger partial charge in [0, 0.05) is 25.6 Å². The van der Waals surface area contributed by atoms with Crippen molar-refractivity contribution in [1.82, 2.24) is 4.90 Å². The maximum Gasteiger partial charge on any atom is 0.445 e. The molecular weight excluding hydrogens is 496 g/mol. The molecule has 10 heteroatoms. The Hall–Kier alpha value is -3.40. The van der Waals surface area contributed by atoms with Crippen molar-refractivity contribution in [3.05, 3.63) is 65.7 Å². The summed E-state index contributed by atoms with van der Waals surface area (Å²) in [6.45, 7) is 2.42. The number of para-hydroxylation sites is 1. The van der Waals surface area contributed by atoms with E-state index in [1.54, 1.807) is 48.2 Å². The lowest BCUT2D eigenvalue weighted by Gasteiger charge is -2.40. The largest absolute Gasteiger partial charge is 0.481 e. The van der Waals surface area contributed by atoms with Gasteiger partial charge < -0.3 is 14.7 Å². The van der Waals surface area contributed by atoms with E-state index in [0.717, 1.165) is 9.87 Å². The first-order valence-corrected chi connectivity index (χ1v) is 14.0. The number of piperidine rings is 1. The quantitative estimate of drug-likeness (QED) is 0.542. The van der Waals surface area contributed by atoms with Crippen molar-refractivity contribution in [1.29, 1.82) is 0 Å². The van der Waals surface area contributed by atoms with Gasteiger partial charge in [0.05, 0.1) is 11.6 Å². The van der Waals surface area contributed by atoms with Crippen LogP contribution >= 0.6 is 0 Å². The number of hydrogen-bond donors (Lipinski definition) is 1. The second-order valence-electron chi connectivity index (χ2n) is 9.69. The highest BCUT2D eigenvalue weighted by molar-refractivity contribution is 8.06. The van der Waals surface area contributed by atoms with Gasteiger partial charge in [0.1, 0.15) is 6.61 Å². The third-order valence-corrected chi connectivity index (χ3v) is 8.94. The number of carboxylic acids is 1. The summed E-state index contributed by atoms with van der Waals surface area (Å²) in [5.41, 5.74) is 1.92. The monoisotopic (exact) mass is 528 g/mol. The minimum absolute atomic E-state index is 0.0634. The van der Waals surface area contributed by atoms with E-state index >= 15 is 0 Å². The van der Waals surface area contributed by atoms with Gasteiger partial charge in [0.25, 0.3) is 0 Å². The number of fused-ring (bicyclic) bond motifs is 1. The highest BCUT2D eigenvalue weighted by Gasteiger charge is 2.42. The van der Waals surface area contributed by atoms with E-state index in [2.05, 4.69) is 0 Å². The van der Waals surface area contributed by atoms with Crippen molar-refractivity contribution in [3.63, 3.8) is 0 Å². The number of sulfonamides is 1. The van der Waals surface area contributed by atoms with Gasteiger partial charge in [0.15, 0.2) is 0 Å². The second kappa shape index (κ2) is 11.3. The number of rotatable bonds is 7. The number of carboxylic acid groups (broad SMARTS) is 1. The molecule has 37 heavy (non-hydrogen) atoms. The molecule has 2 aromatic carbocycles. The summed E-state index contributed by atoms with van der Waals surface area (Å²) < 4.78 is 33.2. The van der Waals surface area contributed by atoms with Gasteiger partial charge in [-0.25, -0.2) is 4.79 Å². The Morgan fingerprint density at radius 3 is 2.32 bits per heavy atom. The second-order valence-corrected chi connectivity index (χ2v) is 11.4. The van der Waals surface area contributed by atoms with E-state index in [9.17, 15) is 27.9 Å². The molecule has 0 aromatic heterocycles. The Morgan fingerprint density at radius 1 is 1.00 bits per heavy atom. The molecule has 2 aliphatic rings. The molecule has 0 spiro atoms. The van der Waals surface area contributed by atoms with E-state index in [4.69, 9.17) is 4.74 Å². The topological polar surface area (TPSA) is 121 Å². The molecule has 9 nitrogen and oxygen atoms in total. The van der Waals surface area contributed by atoms with Crippen molar-refractivity contribution < 1.29 is 32.6 Å². The summed E-state index contributed by atoms with van der Waals surface area (Å²) in [4.78, 5) is 38.5. The molecule has 198 valence electrons. The lowest BCUT2D eigenvalue weighted by atomic mass is 9.84. The van der Waals surface area contributed by atoms with Crippen LogP contribution in [0.5, 0.6) is 0 Å². The van der Waals surface area contributed by atoms with Crippen molar-refractivity contribution in [2.24, 2.45) is 11.8 Å². The summed E-state index contributed by atoms with van der Waals surface area (Å²) in [5.74, 6) is -1.50. The molecule has 1 amide bonds. The van der Waals surface area contributed by atoms with Crippen LogP contribution in [0.3, 0.4) is 0 Å². The lowest BCUT2D eigenvalue weighted by molar-refractivity contribution is -0.145. The number of amides is 1. The van der Waals surface area contributed by atoms with Gasteiger partial charge in [-0.15, -0.1) is 0 Å². The number of ether oxygens (including phenoxy) is 1.